The summed E-state index contributed by atoms with van der Waals surface area (Å²) in [5.74, 6) is 0.717. The predicted molar refractivity (Wildman–Crippen MR) is 83.7 cm³/mol. The van der Waals surface area contributed by atoms with Crippen LogP contribution < -0.4 is 10.1 Å². The molecule has 0 amide bonds. The van der Waals surface area contributed by atoms with Gasteiger partial charge in [0.1, 0.15) is 5.69 Å². The lowest BCUT2D eigenvalue weighted by atomic mass is 9.93. The van der Waals surface area contributed by atoms with Crippen molar-refractivity contribution in [3.05, 3.63) is 17.3 Å². The molecule has 6 heteroatoms. The molecule has 0 unspecified atom stereocenters. The molecule has 0 bridgehead atoms. The minimum absolute atomic E-state index is 0.231. The Balaban J connectivity index is 2.00. The summed E-state index contributed by atoms with van der Waals surface area (Å²) in [5.41, 5.74) is 1.32. The van der Waals surface area contributed by atoms with Crippen molar-refractivity contribution in [1.82, 2.24) is 19.6 Å². The zero-order valence-corrected chi connectivity index (χ0v) is 13.8. The largest absolute Gasteiger partial charge is 0.480 e. The molecule has 0 saturated heterocycles. The van der Waals surface area contributed by atoms with Gasteiger partial charge >= 0.3 is 0 Å². The molecule has 0 saturated carbocycles. The number of imidazole rings is 1. The van der Waals surface area contributed by atoms with Gasteiger partial charge in [-0.05, 0) is 19.5 Å². The van der Waals surface area contributed by atoms with E-state index in [4.69, 9.17) is 4.74 Å². The van der Waals surface area contributed by atoms with Crippen LogP contribution in [0.2, 0.25) is 0 Å². The van der Waals surface area contributed by atoms with E-state index in [1.54, 1.807) is 18.4 Å². The van der Waals surface area contributed by atoms with E-state index in [9.17, 15) is 0 Å². The van der Waals surface area contributed by atoms with Gasteiger partial charge in [0.2, 0.25) is 5.88 Å². The van der Waals surface area contributed by atoms with E-state index in [1.807, 2.05) is 11.6 Å². The fraction of sp³-hybridized carbons (Fsp3) is 0.643. The molecule has 2 rings (SSSR count). The van der Waals surface area contributed by atoms with E-state index >= 15 is 0 Å². The first-order valence-corrected chi connectivity index (χ1v) is 7.65. The Hall–Kier alpha value is -1.11. The summed E-state index contributed by atoms with van der Waals surface area (Å²) in [7, 11) is 5.89. The van der Waals surface area contributed by atoms with Gasteiger partial charge in [-0.1, -0.05) is 13.8 Å². The molecule has 2 aromatic heterocycles. The molecule has 2 aromatic rings. The Labute approximate surface area is 124 Å². The molecule has 0 fully saturated rings. The van der Waals surface area contributed by atoms with Crippen LogP contribution in [0.4, 0.5) is 0 Å². The quantitative estimate of drug-likeness (QED) is 0.849. The van der Waals surface area contributed by atoms with Gasteiger partial charge in [-0.2, -0.15) is 4.98 Å². The van der Waals surface area contributed by atoms with Gasteiger partial charge in [-0.3, -0.25) is 4.40 Å². The van der Waals surface area contributed by atoms with Crippen molar-refractivity contribution in [1.29, 1.82) is 0 Å². The second-order valence-electron chi connectivity index (χ2n) is 6.13. The molecular formula is C14H24N4OS. The highest BCUT2D eigenvalue weighted by Crippen LogP contribution is 2.23. The first kappa shape index (κ1) is 15.3. The van der Waals surface area contributed by atoms with E-state index in [-0.39, 0.29) is 5.41 Å². The lowest BCUT2D eigenvalue weighted by molar-refractivity contribution is 0.231. The number of ether oxygens (including phenoxy) is 1. The molecule has 0 aliphatic rings. The van der Waals surface area contributed by atoms with Crippen molar-refractivity contribution in [3.63, 3.8) is 0 Å². The highest BCUT2D eigenvalue weighted by atomic mass is 32.1. The van der Waals surface area contributed by atoms with Crippen LogP contribution in [0.15, 0.2) is 11.6 Å². The van der Waals surface area contributed by atoms with Crippen LogP contribution in [0.1, 0.15) is 19.5 Å². The van der Waals surface area contributed by atoms with Crippen molar-refractivity contribution < 1.29 is 4.74 Å². The first-order chi connectivity index (χ1) is 9.43. The number of methoxy groups -OCH3 is 1. The van der Waals surface area contributed by atoms with Crippen molar-refractivity contribution in [2.45, 2.75) is 20.4 Å². The van der Waals surface area contributed by atoms with Crippen molar-refractivity contribution in [2.75, 3.05) is 34.3 Å². The van der Waals surface area contributed by atoms with E-state index in [0.29, 0.717) is 0 Å². The molecule has 2 heterocycles. The summed E-state index contributed by atoms with van der Waals surface area (Å²) in [6, 6.07) is 0. The monoisotopic (exact) mass is 296 g/mol. The minimum atomic E-state index is 0.231. The van der Waals surface area contributed by atoms with Crippen LogP contribution in [-0.2, 0) is 6.54 Å². The molecule has 0 aliphatic carbocycles. The number of nitrogens with zero attached hydrogens (tertiary/aromatic N) is 3. The smallest absolute Gasteiger partial charge is 0.237 e. The van der Waals surface area contributed by atoms with Gasteiger partial charge in [-0.25, -0.2) is 0 Å². The topological polar surface area (TPSA) is 41.8 Å². The van der Waals surface area contributed by atoms with Gasteiger partial charge in [0.15, 0.2) is 4.96 Å². The Morgan fingerprint density at radius 2 is 2.20 bits per heavy atom. The number of thiazole rings is 1. The Morgan fingerprint density at radius 1 is 1.45 bits per heavy atom. The lowest BCUT2D eigenvalue weighted by Crippen LogP contribution is -2.37. The highest BCUT2D eigenvalue weighted by molar-refractivity contribution is 7.15. The molecule has 0 spiro atoms. The van der Waals surface area contributed by atoms with Crippen LogP contribution in [-0.4, -0.2) is 48.6 Å². The number of nitrogens with one attached hydrogen (secondary N) is 1. The maximum Gasteiger partial charge on any atom is 0.237 e. The van der Waals surface area contributed by atoms with Gasteiger partial charge in [0.05, 0.1) is 7.11 Å². The first-order valence-electron chi connectivity index (χ1n) is 6.77. The van der Waals surface area contributed by atoms with Gasteiger partial charge in [0, 0.05) is 31.2 Å². The van der Waals surface area contributed by atoms with Crippen molar-refractivity contribution in [3.8, 4) is 5.88 Å². The minimum Gasteiger partial charge on any atom is -0.480 e. The number of hydrogen-bond acceptors (Lipinski definition) is 5. The second kappa shape index (κ2) is 6.11. The van der Waals surface area contributed by atoms with Crippen LogP contribution >= 0.6 is 11.3 Å². The third-order valence-corrected chi connectivity index (χ3v) is 3.91. The van der Waals surface area contributed by atoms with Crippen LogP contribution in [0.3, 0.4) is 0 Å². The Morgan fingerprint density at radius 3 is 2.85 bits per heavy atom. The number of rotatable bonds is 7. The summed E-state index contributed by atoms with van der Waals surface area (Å²) in [6.07, 6.45) is 2.04. The van der Waals surface area contributed by atoms with Crippen LogP contribution in [0.25, 0.3) is 4.96 Å². The summed E-state index contributed by atoms with van der Waals surface area (Å²) in [6.45, 7) is 7.31. The van der Waals surface area contributed by atoms with Crippen molar-refractivity contribution in [2.24, 2.45) is 5.41 Å². The third kappa shape index (κ3) is 3.50. The summed E-state index contributed by atoms with van der Waals surface area (Å²) >= 11 is 1.62. The van der Waals surface area contributed by atoms with E-state index in [1.165, 1.54) is 0 Å². The van der Waals surface area contributed by atoms with Gasteiger partial charge in [0.25, 0.3) is 0 Å². The zero-order chi connectivity index (χ0) is 14.8. The van der Waals surface area contributed by atoms with Gasteiger partial charge in [-0.15, -0.1) is 11.3 Å². The number of fused-ring (bicyclic) bond motifs is 1. The molecule has 0 aliphatic heterocycles. The maximum absolute atomic E-state index is 5.36. The van der Waals surface area contributed by atoms with E-state index in [2.05, 4.69) is 47.5 Å². The standard InChI is InChI=1S/C14H24N4OS/c1-14(2,10-17(3)4)9-15-8-11-12(19-5)16-13-18(11)6-7-20-13/h6-7,15H,8-10H2,1-5H3. The Bertz CT molecular complexity index is 559. The fourth-order valence-corrected chi connectivity index (χ4v) is 3.29. The highest BCUT2D eigenvalue weighted by Gasteiger charge is 2.19. The summed E-state index contributed by atoms with van der Waals surface area (Å²) in [4.78, 5) is 7.66. The summed E-state index contributed by atoms with van der Waals surface area (Å²) in [5, 5.41) is 5.57. The normalized spacial score (nSPS) is 12.5. The van der Waals surface area contributed by atoms with Crippen molar-refractivity contribution >= 4 is 16.3 Å². The Kier molecular flexibility index (Phi) is 4.67. The molecule has 0 radical (unpaired) electrons. The zero-order valence-electron chi connectivity index (χ0n) is 12.9. The molecule has 0 aromatic carbocycles. The third-order valence-electron chi connectivity index (χ3n) is 3.16. The average Bonchev–Trinajstić information content (AvgIpc) is 2.88. The molecule has 0 atom stereocenters. The fourth-order valence-electron chi connectivity index (χ4n) is 2.57. The molecule has 20 heavy (non-hydrogen) atoms. The predicted octanol–water partition coefficient (Wildman–Crippen LogP) is 2.08. The van der Waals surface area contributed by atoms with E-state index < -0.39 is 0 Å². The number of hydrogen-bond donors (Lipinski definition) is 1. The van der Waals surface area contributed by atoms with E-state index in [0.717, 1.165) is 36.2 Å². The maximum atomic E-state index is 5.36. The number of aromatic nitrogens is 2. The van der Waals surface area contributed by atoms with Gasteiger partial charge < -0.3 is 15.0 Å². The SMILES string of the molecule is COc1nc2sccn2c1CNCC(C)(C)CN(C)C. The molecule has 112 valence electrons. The molecule has 5 nitrogen and oxygen atoms in total. The second-order valence-corrected chi connectivity index (χ2v) is 7.00. The molecular weight excluding hydrogens is 272 g/mol. The molecule has 1 N–H and O–H groups in total. The average molecular weight is 296 g/mol. The van der Waals surface area contributed by atoms with Crippen LogP contribution in [0, 0.1) is 5.41 Å². The summed E-state index contributed by atoms with van der Waals surface area (Å²) < 4.78 is 7.46. The van der Waals surface area contributed by atoms with Crippen LogP contribution in [0.5, 0.6) is 5.88 Å². The lowest BCUT2D eigenvalue weighted by Gasteiger charge is -2.28.